The van der Waals surface area contributed by atoms with Crippen LogP contribution in [-0.2, 0) is 0 Å². The summed E-state index contributed by atoms with van der Waals surface area (Å²) in [6.45, 7) is -0.203. The highest BCUT2D eigenvalue weighted by Gasteiger charge is 2.23. The van der Waals surface area contributed by atoms with E-state index in [9.17, 15) is 13.6 Å². The number of anilines is 1. The summed E-state index contributed by atoms with van der Waals surface area (Å²) in [6.07, 6.45) is 3.65. The Labute approximate surface area is 144 Å². The molecule has 9 heteroatoms. The van der Waals surface area contributed by atoms with Gasteiger partial charge in [0.2, 0.25) is 0 Å². The number of hydrogen-bond donors (Lipinski definition) is 0. The lowest BCUT2D eigenvalue weighted by Crippen LogP contribution is -2.35. The number of carbonyl (C=O) groups is 1. The predicted octanol–water partition coefficient (Wildman–Crippen LogP) is 2.45. The molecular formula is C15H18ClF2N5O. The molecule has 3 rings (SSSR count). The van der Waals surface area contributed by atoms with E-state index in [0.717, 1.165) is 25.0 Å². The first-order valence-electron chi connectivity index (χ1n) is 7.44. The molecule has 0 radical (unpaired) electrons. The first-order chi connectivity index (χ1) is 11.1. The van der Waals surface area contributed by atoms with E-state index in [1.54, 1.807) is 11.1 Å². The van der Waals surface area contributed by atoms with Crippen molar-refractivity contribution in [3.05, 3.63) is 42.4 Å². The summed E-state index contributed by atoms with van der Waals surface area (Å²) in [6, 6.07) is 7.04. The van der Waals surface area contributed by atoms with Crippen molar-refractivity contribution < 1.29 is 13.6 Å². The standard InChI is InChI=1S/C15H17F2N5O.ClH/c16-15(17)22-9-5-12(19-22)14(23)21-8-3-7-20(10-11-21)13-4-1-2-6-18-13;/h1-2,4-6,9,15H,3,7-8,10-11H2;1H. The number of amides is 1. The molecule has 1 aliphatic rings. The average molecular weight is 358 g/mol. The maximum atomic E-state index is 12.6. The van der Waals surface area contributed by atoms with Crippen molar-refractivity contribution in [1.29, 1.82) is 0 Å². The fraction of sp³-hybridized carbons (Fsp3) is 0.400. The predicted molar refractivity (Wildman–Crippen MR) is 87.7 cm³/mol. The van der Waals surface area contributed by atoms with Crippen LogP contribution in [0.25, 0.3) is 0 Å². The molecule has 2 aromatic rings. The number of aromatic nitrogens is 3. The van der Waals surface area contributed by atoms with E-state index in [1.807, 2.05) is 18.2 Å². The monoisotopic (exact) mass is 357 g/mol. The Bertz CT molecular complexity index is 667. The Morgan fingerprint density at radius 3 is 2.62 bits per heavy atom. The van der Waals surface area contributed by atoms with E-state index in [0.29, 0.717) is 24.3 Å². The minimum Gasteiger partial charge on any atom is -0.355 e. The van der Waals surface area contributed by atoms with Crippen LogP contribution in [-0.4, -0.2) is 51.8 Å². The van der Waals surface area contributed by atoms with Crippen LogP contribution in [0.2, 0.25) is 0 Å². The van der Waals surface area contributed by atoms with Gasteiger partial charge in [-0.2, -0.15) is 13.9 Å². The molecule has 1 fully saturated rings. The van der Waals surface area contributed by atoms with Gasteiger partial charge in [0.15, 0.2) is 5.69 Å². The van der Waals surface area contributed by atoms with Crippen LogP contribution in [0.15, 0.2) is 36.7 Å². The van der Waals surface area contributed by atoms with Crippen molar-refractivity contribution in [2.75, 3.05) is 31.1 Å². The summed E-state index contributed by atoms with van der Waals surface area (Å²) in [7, 11) is 0. The van der Waals surface area contributed by atoms with Gasteiger partial charge in [0.25, 0.3) is 5.91 Å². The molecule has 0 aliphatic carbocycles. The Hall–Kier alpha value is -2.22. The average Bonchev–Trinajstić information content (AvgIpc) is 2.94. The molecule has 0 saturated carbocycles. The van der Waals surface area contributed by atoms with Crippen molar-refractivity contribution in [3.63, 3.8) is 0 Å². The summed E-state index contributed by atoms with van der Waals surface area (Å²) >= 11 is 0. The lowest BCUT2D eigenvalue weighted by atomic mass is 10.3. The van der Waals surface area contributed by atoms with E-state index in [4.69, 9.17) is 0 Å². The molecule has 1 saturated heterocycles. The molecule has 1 amide bonds. The summed E-state index contributed by atoms with van der Waals surface area (Å²) in [5, 5.41) is 3.64. The van der Waals surface area contributed by atoms with Crippen LogP contribution in [0.5, 0.6) is 0 Å². The first-order valence-corrected chi connectivity index (χ1v) is 7.44. The van der Waals surface area contributed by atoms with E-state index in [1.165, 1.54) is 6.07 Å². The van der Waals surface area contributed by atoms with Crippen molar-refractivity contribution in [1.82, 2.24) is 19.7 Å². The van der Waals surface area contributed by atoms with E-state index in [2.05, 4.69) is 15.0 Å². The van der Waals surface area contributed by atoms with Gasteiger partial charge in [-0.1, -0.05) is 6.07 Å². The summed E-state index contributed by atoms with van der Waals surface area (Å²) < 4.78 is 25.6. The van der Waals surface area contributed by atoms with Gasteiger partial charge in [-0.25, -0.2) is 9.67 Å². The van der Waals surface area contributed by atoms with E-state index < -0.39 is 6.55 Å². The van der Waals surface area contributed by atoms with Gasteiger partial charge in [-0.15, -0.1) is 12.4 Å². The number of alkyl halides is 2. The van der Waals surface area contributed by atoms with Crippen molar-refractivity contribution in [2.24, 2.45) is 0 Å². The number of rotatable bonds is 3. The highest BCUT2D eigenvalue weighted by Crippen LogP contribution is 2.15. The second-order valence-corrected chi connectivity index (χ2v) is 5.28. The first kappa shape index (κ1) is 18.1. The number of carbonyl (C=O) groups excluding carboxylic acids is 1. The van der Waals surface area contributed by atoms with Crippen molar-refractivity contribution in [2.45, 2.75) is 13.0 Å². The molecule has 0 unspecified atom stereocenters. The molecule has 0 bridgehead atoms. The minimum atomic E-state index is -2.74. The van der Waals surface area contributed by atoms with E-state index in [-0.39, 0.29) is 24.0 Å². The van der Waals surface area contributed by atoms with Crippen molar-refractivity contribution >= 4 is 24.1 Å². The largest absolute Gasteiger partial charge is 0.355 e. The highest BCUT2D eigenvalue weighted by molar-refractivity contribution is 5.92. The molecule has 1 aliphatic heterocycles. The third kappa shape index (κ3) is 4.00. The number of halogens is 3. The number of pyridine rings is 1. The normalized spacial score (nSPS) is 15.1. The van der Waals surface area contributed by atoms with Gasteiger partial charge in [0, 0.05) is 38.6 Å². The van der Waals surface area contributed by atoms with E-state index >= 15 is 0 Å². The van der Waals surface area contributed by atoms with Gasteiger partial charge in [-0.3, -0.25) is 4.79 Å². The molecule has 0 aromatic carbocycles. The quantitative estimate of drug-likeness (QED) is 0.846. The van der Waals surface area contributed by atoms with Crippen LogP contribution >= 0.6 is 12.4 Å². The molecule has 0 N–H and O–H groups in total. The fourth-order valence-electron chi connectivity index (χ4n) is 2.61. The SMILES string of the molecule is Cl.O=C(c1ccn(C(F)F)n1)N1CCCN(c2ccccn2)CC1. The Morgan fingerprint density at radius 2 is 1.96 bits per heavy atom. The molecule has 6 nitrogen and oxygen atoms in total. The number of hydrogen-bond acceptors (Lipinski definition) is 4. The van der Waals surface area contributed by atoms with Crippen LogP contribution < -0.4 is 4.90 Å². The third-order valence-corrected chi connectivity index (χ3v) is 3.78. The summed E-state index contributed by atoms with van der Waals surface area (Å²) in [4.78, 5) is 20.5. The highest BCUT2D eigenvalue weighted by atomic mass is 35.5. The van der Waals surface area contributed by atoms with Gasteiger partial charge in [0.1, 0.15) is 5.82 Å². The van der Waals surface area contributed by atoms with Crippen LogP contribution in [0.1, 0.15) is 23.5 Å². The summed E-state index contributed by atoms with van der Waals surface area (Å²) in [5.41, 5.74) is 0.0524. The zero-order chi connectivity index (χ0) is 16.2. The van der Waals surface area contributed by atoms with Gasteiger partial charge < -0.3 is 9.80 Å². The molecule has 2 aromatic heterocycles. The Balaban J connectivity index is 0.00000208. The van der Waals surface area contributed by atoms with Crippen LogP contribution in [0.3, 0.4) is 0 Å². The fourth-order valence-corrected chi connectivity index (χ4v) is 2.61. The second kappa shape index (κ2) is 8.05. The van der Waals surface area contributed by atoms with Gasteiger partial charge >= 0.3 is 6.55 Å². The number of nitrogens with zero attached hydrogens (tertiary/aromatic N) is 5. The molecular weight excluding hydrogens is 340 g/mol. The molecule has 0 atom stereocenters. The van der Waals surface area contributed by atoms with Gasteiger partial charge in [0.05, 0.1) is 0 Å². The Morgan fingerprint density at radius 1 is 1.12 bits per heavy atom. The second-order valence-electron chi connectivity index (χ2n) is 5.28. The molecule has 130 valence electrons. The smallest absolute Gasteiger partial charge is 0.333 e. The van der Waals surface area contributed by atoms with Gasteiger partial charge in [-0.05, 0) is 24.6 Å². The maximum Gasteiger partial charge on any atom is 0.333 e. The maximum absolute atomic E-state index is 12.6. The lowest BCUT2D eigenvalue weighted by molar-refractivity contribution is 0.0552. The lowest BCUT2D eigenvalue weighted by Gasteiger charge is -2.22. The minimum absolute atomic E-state index is 0. The zero-order valence-electron chi connectivity index (χ0n) is 12.9. The van der Waals surface area contributed by atoms with Crippen LogP contribution in [0, 0.1) is 0 Å². The summed E-state index contributed by atoms with van der Waals surface area (Å²) in [5.74, 6) is 0.566. The topological polar surface area (TPSA) is 54.3 Å². The van der Waals surface area contributed by atoms with Crippen molar-refractivity contribution in [3.8, 4) is 0 Å². The van der Waals surface area contributed by atoms with Crippen LogP contribution in [0.4, 0.5) is 14.6 Å². The third-order valence-electron chi connectivity index (χ3n) is 3.78. The molecule has 3 heterocycles. The Kier molecular flexibility index (Phi) is 6.08. The molecule has 24 heavy (non-hydrogen) atoms. The molecule has 0 spiro atoms. The zero-order valence-corrected chi connectivity index (χ0v) is 13.7.